The number of amides is 1. The Morgan fingerprint density at radius 1 is 1.19 bits per heavy atom. The summed E-state index contributed by atoms with van der Waals surface area (Å²) >= 11 is 3.25. The van der Waals surface area contributed by atoms with Gasteiger partial charge in [-0.15, -0.1) is 0 Å². The quantitative estimate of drug-likeness (QED) is 0.636. The highest BCUT2D eigenvalue weighted by Gasteiger charge is 2.18. The molecule has 3 rings (SSSR count). The number of fused-ring (bicyclic) bond motifs is 1. The summed E-state index contributed by atoms with van der Waals surface area (Å²) in [5.41, 5.74) is 1.63. The minimum absolute atomic E-state index is 0.0206. The third-order valence-corrected chi connectivity index (χ3v) is 4.52. The van der Waals surface area contributed by atoms with Gasteiger partial charge >= 0.3 is 5.97 Å². The Labute approximate surface area is 158 Å². The number of carboxylic acid groups (broad SMARTS) is 1. The Kier molecular flexibility index (Phi) is 5.39. The molecule has 0 bridgehead atoms. The molecule has 1 heterocycles. The molecule has 7 heteroatoms. The van der Waals surface area contributed by atoms with Crippen molar-refractivity contribution in [2.24, 2.45) is 0 Å². The van der Waals surface area contributed by atoms with Crippen LogP contribution in [0.2, 0.25) is 0 Å². The molecule has 0 aliphatic heterocycles. The molecule has 0 aliphatic carbocycles. The fourth-order valence-corrected chi connectivity index (χ4v) is 3.17. The lowest BCUT2D eigenvalue weighted by Gasteiger charge is -2.12. The average Bonchev–Trinajstić information content (AvgIpc) is 3.00. The van der Waals surface area contributed by atoms with Crippen LogP contribution in [0.15, 0.2) is 53.0 Å². The van der Waals surface area contributed by atoms with Crippen molar-refractivity contribution in [2.45, 2.75) is 6.54 Å². The number of rotatable bonds is 6. The van der Waals surface area contributed by atoms with Crippen LogP contribution in [0.3, 0.4) is 0 Å². The van der Waals surface area contributed by atoms with Crippen molar-refractivity contribution in [1.29, 1.82) is 0 Å². The number of anilines is 1. The van der Waals surface area contributed by atoms with E-state index in [0.717, 1.165) is 10.9 Å². The van der Waals surface area contributed by atoms with Gasteiger partial charge in [0.1, 0.15) is 5.69 Å². The zero-order valence-electron chi connectivity index (χ0n) is 14.0. The summed E-state index contributed by atoms with van der Waals surface area (Å²) in [4.78, 5) is 24.3. The largest absolute Gasteiger partial charge is 0.478 e. The van der Waals surface area contributed by atoms with Gasteiger partial charge in [0.25, 0.3) is 5.91 Å². The smallest absolute Gasteiger partial charge is 0.337 e. The lowest BCUT2D eigenvalue weighted by molar-refractivity contribution is 0.0698. The van der Waals surface area contributed by atoms with E-state index in [1.54, 1.807) is 25.3 Å². The van der Waals surface area contributed by atoms with Crippen LogP contribution in [0.4, 0.5) is 5.69 Å². The summed E-state index contributed by atoms with van der Waals surface area (Å²) in [5, 5.41) is 13.0. The molecule has 0 saturated heterocycles. The Bertz CT molecular complexity index is 981. The number of methoxy groups -OCH3 is 1. The number of nitrogens with zero attached hydrogens (tertiary/aromatic N) is 1. The van der Waals surface area contributed by atoms with Crippen molar-refractivity contribution >= 4 is 44.4 Å². The van der Waals surface area contributed by atoms with Crippen molar-refractivity contribution in [3.8, 4) is 0 Å². The summed E-state index contributed by atoms with van der Waals surface area (Å²) in [6, 6.07) is 14.2. The molecule has 1 aromatic heterocycles. The first-order valence-electron chi connectivity index (χ1n) is 7.92. The Hall–Kier alpha value is -2.64. The molecular formula is C19H17BrN2O4. The van der Waals surface area contributed by atoms with Crippen molar-refractivity contribution in [2.75, 3.05) is 19.0 Å². The molecule has 3 aromatic rings. The van der Waals surface area contributed by atoms with Crippen LogP contribution >= 0.6 is 15.9 Å². The number of ether oxygens (including phenoxy) is 1. The molecule has 134 valence electrons. The number of aromatic carboxylic acids is 1. The molecule has 6 nitrogen and oxygen atoms in total. The molecule has 2 N–H and O–H groups in total. The second-order valence-electron chi connectivity index (χ2n) is 5.68. The van der Waals surface area contributed by atoms with Crippen LogP contribution < -0.4 is 5.32 Å². The third kappa shape index (κ3) is 3.63. The van der Waals surface area contributed by atoms with Crippen molar-refractivity contribution < 1.29 is 19.4 Å². The normalized spacial score (nSPS) is 10.8. The number of nitrogens with one attached hydrogen (secondary N) is 1. The number of halogens is 1. The SMILES string of the molecule is COCCn1c(C(=O)Nc2ccc(Br)cc2C(=O)O)cc2ccccc21. The minimum Gasteiger partial charge on any atom is -0.478 e. The van der Waals surface area contributed by atoms with E-state index in [1.807, 2.05) is 28.8 Å². The van der Waals surface area contributed by atoms with Gasteiger partial charge in [-0.25, -0.2) is 4.79 Å². The lowest BCUT2D eigenvalue weighted by atomic mass is 10.1. The first kappa shape index (κ1) is 18.2. The van der Waals surface area contributed by atoms with Crippen LogP contribution in [0.1, 0.15) is 20.8 Å². The number of carboxylic acids is 1. The molecule has 26 heavy (non-hydrogen) atoms. The molecule has 0 atom stereocenters. The number of hydrogen-bond donors (Lipinski definition) is 2. The van der Waals surface area contributed by atoms with Crippen LogP contribution in [0.5, 0.6) is 0 Å². The van der Waals surface area contributed by atoms with Gasteiger partial charge in [0.15, 0.2) is 0 Å². The first-order chi connectivity index (χ1) is 12.5. The van der Waals surface area contributed by atoms with Gasteiger partial charge in [0.2, 0.25) is 0 Å². The van der Waals surface area contributed by atoms with Gasteiger partial charge in [-0.3, -0.25) is 4.79 Å². The number of para-hydroxylation sites is 1. The number of carbonyl (C=O) groups is 2. The van der Waals surface area contributed by atoms with Crippen LogP contribution in [-0.2, 0) is 11.3 Å². The van der Waals surface area contributed by atoms with E-state index in [9.17, 15) is 14.7 Å². The van der Waals surface area contributed by atoms with E-state index in [1.165, 1.54) is 6.07 Å². The fourth-order valence-electron chi connectivity index (χ4n) is 2.81. The zero-order valence-corrected chi connectivity index (χ0v) is 15.6. The molecule has 1 amide bonds. The van der Waals surface area contributed by atoms with Gasteiger partial charge < -0.3 is 19.7 Å². The standard InChI is InChI=1S/C19H17BrN2O4/c1-26-9-8-22-16-5-3-2-4-12(16)10-17(22)18(23)21-15-7-6-13(20)11-14(15)19(24)25/h2-7,10-11H,8-9H2,1H3,(H,21,23)(H,24,25). The second kappa shape index (κ2) is 7.72. The molecule has 2 aromatic carbocycles. The van der Waals surface area contributed by atoms with E-state index < -0.39 is 5.97 Å². The van der Waals surface area contributed by atoms with E-state index in [0.29, 0.717) is 23.3 Å². The molecular weight excluding hydrogens is 400 g/mol. The van der Waals surface area contributed by atoms with E-state index in [2.05, 4.69) is 21.2 Å². The molecule has 0 unspecified atom stereocenters. The monoisotopic (exact) mass is 416 g/mol. The van der Waals surface area contributed by atoms with Crippen LogP contribution in [0.25, 0.3) is 10.9 Å². The topological polar surface area (TPSA) is 80.6 Å². The Morgan fingerprint density at radius 3 is 2.69 bits per heavy atom. The molecule has 0 aliphatic rings. The molecule has 0 saturated carbocycles. The molecule has 0 fully saturated rings. The Balaban J connectivity index is 1.99. The number of aromatic nitrogens is 1. The maximum Gasteiger partial charge on any atom is 0.337 e. The number of benzene rings is 2. The minimum atomic E-state index is -1.11. The maximum absolute atomic E-state index is 12.9. The summed E-state index contributed by atoms with van der Waals surface area (Å²) in [7, 11) is 1.60. The average molecular weight is 417 g/mol. The summed E-state index contributed by atoms with van der Waals surface area (Å²) in [5.74, 6) is -1.48. The highest BCUT2D eigenvalue weighted by atomic mass is 79.9. The van der Waals surface area contributed by atoms with Crippen LogP contribution in [0, 0.1) is 0 Å². The molecule has 0 radical (unpaired) electrons. The van der Waals surface area contributed by atoms with E-state index >= 15 is 0 Å². The summed E-state index contributed by atoms with van der Waals surface area (Å²) < 4.78 is 7.64. The summed E-state index contributed by atoms with van der Waals surface area (Å²) in [6.45, 7) is 0.969. The van der Waals surface area contributed by atoms with Gasteiger partial charge in [-0.1, -0.05) is 34.1 Å². The van der Waals surface area contributed by atoms with Crippen molar-refractivity contribution in [3.05, 3.63) is 64.3 Å². The fraction of sp³-hybridized carbons (Fsp3) is 0.158. The van der Waals surface area contributed by atoms with Gasteiger partial charge in [0, 0.05) is 29.0 Å². The summed E-state index contributed by atoms with van der Waals surface area (Å²) in [6.07, 6.45) is 0. The second-order valence-corrected chi connectivity index (χ2v) is 6.60. The van der Waals surface area contributed by atoms with Gasteiger partial charge in [-0.05, 0) is 30.3 Å². The van der Waals surface area contributed by atoms with Gasteiger partial charge in [0.05, 0.1) is 17.9 Å². The van der Waals surface area contributed by atoms with E-state index in [4.69, 9.17) is 4.74 Å². The van der Waals surface area contributed by atoms with Crippen molar-refractivity contribution in [3.63, 3.8) is 0 Å². The van der Waals surface area contributed by atoms with E-state index in [-0.39, 0.29) is 17.2 Å². The van der Waals surface area contributed by atoms with Crippen LogP contribution in [-0.4, -0.2) is 35.3 Å². The highest BCUT2D eigenvalue weighted by molar-refractivity contribution is 9.10. The molecule has 0 spiro atoms. The predicted octanol–water partition coefficient (Wildman–Crippen LogP) is 4.00. The first-order valence-corrected chi connectivity index (χ1v) is 8.72. The van der Waals surface area contributed by atoms with Crippen molar-refractivity contribution in [1.82, 2.24) is 4.57 Å². The number of carbonyl (C=O) groups excluding carboxylic acids is 1. The predicted molar refractivity (Wildman–Crippen MR) is 103 cm³/mol. The highest BCUT2D eigenvalue weighted by Crippen LogP contribution is 2.24. The van der Waals surface area contributed by atoms with Gasteiger partial charge in [-0.2, -0.15) is 0 Å². The zero-order chi connectivity index (χ0) is 18.7. The third-order valence-electron chi connectivity index (χ3n) is 4.02. The Morgan fingerprint density at radius 2 is 1.96 bits per heavy atom. The lowest BCUT2D eigenvalue weighted by Crippen LogP contribution is -2.19. The number of hydrogen-bond acceptors (Lipinski definition) is 3. The maximum atomic E-state index is 12.9.